The lowest BCUT2D eigenvalue weighted by Gasteiger charge is -2.11. The standard InChI is InChI=1S/C19H22N2O5/c1-24-16-8-7-15(12-17(16)25-2)21-18(22)9-10-20-14-6-4-5-13(11-14)19(23)26-3/h4-8,11-12,20H,9-10H2,1-3H3,(H,21,22). The zero-order chi connectivity index (χ0) is 18.9. The average molecular weight is 358 g/mol. The first-order chi connectivity index (χ1) is 12.6. The van der Waals surface area contributed by atoms with E-state index in [9.17, 15) is 9.59 Å². The summed E-state index contributed by atoms with van der Waals surface area (Å²) in [4.78, 5) is 23.6. The number of rotatable bonds is 8. The molecule has 0 unspecified atom stereocenters. The number of benzene rings is 2. The van der Waals surface area contributed by atoms with E-state index in [-0.39, 0.29) is 12.3 Å². The molecule has 7 nitrogen and oxygen atoms in total. The number of amides is 1. The maximum Gasteiger partial charge on any atom is 0.337 e. The van der Waals surface area contributed by atoms with Gasteiger partial charge in [-0.2, -0.15) is 0 Å². The zero-order valence-electron chi connectivity index (χ0n) is 15.0. The highest BCUT2D eigenvalue weighted by Gasteiger charge is 2.08. The van der Waals surface area contributed by atoms with Gasteiger partial charge < -0.3 is 24.8 Å². The van der Waals surface area contributed by atoms with Gasteiger partial charge in [0.15, 0.2) is 11.5 Å². The molecular weight excluding hydrogens is 336 g/mol. The van der Waals surface area contributed by atoms with Crippen LogP contribution in [0.15, 0.2) is 42.5 Å². The lowest BCUT2D eigenvalue weighted by Crippen LogP contribution is -2.16. The summed E-state index contributed by atoms with van der Waals surface area (Å²) < 4.78 is 15.1. The molecule has 2 rings (SSSR count). The molecule has 0 aromatic heterocycles. The number of carbonyl (C=O) groups excluding carboxylic acids is 2. The van der Waals surface area contributed by atoms with E-state index in [1.807, 2.05) is 6.07 Å². The first kappa shape index (κ1) is 19.1. The van der Waals surface area contributed by atoms with Gasteiger partial charge in [0.05, 0.1) is 26.9 Å². The highest BCUT2D eigenvalue weighted by atomic mass is 16.5. The number of hydrogen-bond acceptors (Lipinski definition) is 6. The van der Waals surface area contributed by atoms with Crippen molar-refractivity contribution >= 4 is 23.3 Å². The second-order valence-electron chi connectivity index (χ2n) is 5.37. The molecule has 0 aliphatic rings. The average Bonchev–Trinajstić information content (AvgIpc) is 2.67. The Bertz CT molecular complexity index is 776. The predicted molar refractivity (Wildman–Crippen MR) is 99.1 cm³/mol. The van der Waals surface area contributed by atoms with Crippen LogP contribution >= 0.6 is 0 Å². The van der Waals surface area contributed by atoms with E-state index in [0.717, 1.165) is 5.69 Å². The van der Waals surface area contributed by atoms with E-state index in [4.69, 9.17) is 9.47 Å². The highest BCUT2D eigenvalue weighted by Crippen LogP contribution is 2.29. The molecule has 2 aromatic carbocycles. The summed E-state index contributed by atoms with van der Waals surface area (Å²) in [7, 11) is 4.42. The van der Waals surface area contributed by atoms with E-state index in [1.165, 1.54) is 14.2 Å². The van der Waals surface area contributed by atoms with Crippen LogP contribution in [0, 0.1) is 0 Å². The Hall–Kier alpha value is -3.22. The number of ether oxygens (including phenoxy) is 3. The molecule has 7 heteroatoms. The minimum atomic E-state index is -0.403. The molecule has 0 aliphatic carbocycles. The van der Waals surface area contributed by atoms with Gasteiger partial charge in [-0.1, -0.05) is 6.07 Å². The fourth-order valence-corrected chi connectivity index (χ4v) is 2.33. The number of carbonyl (C=O) groups is 2. The molecule has 0 bridgehead atoms. The maximum absolute atomic E-state index is 12.1. The molecule has 1 amide bonds. The smallest absolute Gasteiger partial charge is 0.337 e. The van der Waals surface area contributed by atoms with Gasteiger partial charge in [0.1, 0.15) is 0 Å². The Morgan fingerprint density at radius 3 is 2.38 bits per heavy atom. The fraction of sp³-hybridized carbons (Fsp3) is 0.263. The summed E-state index contributed by atoms with van der Waals surface area (Å²) in [6.07, 6.45) is 0.261. The van der Waals surface area contributed by atoms with Gasteiger partial charge >= 0.3 is 5.97 Å². The summed E-state index contributed by atoms with van der Waals surface area (Å²) in [5.74, 6) is 0.592. The highest BCUT2D eigenvalue weighted by molar-refractivity contribution is 5.92. The maximum atomic E-state index is 12.1. The van der Waals surface area contributed by atoms with Crippen molar-refractivity contribution in [3.63, 3.8) is 0 Å². The largest absolute Gasteiger partial charge is 0.493 e. The molecule has 0 saturated carbocycles. The van der Waals surface area contributed by atoms with Crippen LogP contribution < -0.4 is 20.1 Å². The summed E-state index contributed by atoms with van der Waals surface area (Å²) in [5, 5.41) is 5.91. The molecule has 0 spiro atoms. The third-order valence-corrected chi connectivity index (χ3v) is 3.63. The van der Waals surface area contributed by atoms with Crippen molar-refractivity contribution in [2.75, 3.05) is 38.5 Å². The lowest BCUT2D eigenvalue weighted by atomic mass is 10.2. The Labute approximate surface area is 152 Å². The van der Waals surface area contributed by atoms with Crippen molar-refractivity contribution in [3.8, 4) is 11.5 Å². The number of hydrogen-bond donors (Lipinski definition) is 2. The third-order valence-electron chi connectivity index (χ3n) is 3.63. The van der Waals surface area contributed by atoms with E-state index in [1.54, 1.807) is 43.5 Å². The van der Waals surface area contributed by atoms with E-state index in [0.29, 0.717) is 29.3 Å². The minimum absolute atomic E-state index is 0.145. The zero-order valence-corrected chi connectivity index (χ0v) is 15.0. The number of nitrogens with one attached hydrogen (secondary N) is 2. The van der Waals surface area contributed by atoms with Crippen LogP contribution in [0.1, 0.15) is 16.8 Å². The molecule has 0 heterocycles. The first-order valence-corrected chi connectivity index (χ1v) is 8.01. The molecular formula is C19H22N2O5. The van der Waals surface area contributed by atoms with Crippen molar-refractivity contribution in [1.29, 1.82) is 0 Å². The Morgan fingerprint density at radius 1 is 0.923 bits per heavy atom. The van der Waals surface area contributed by atoms with Crippen molar-refractivity contribution in [1.82, 2.24) is 0 Å². The van der Waals surface area contributed by atoms with Crippen molar-refractivity contribution < 1.29 is 23.8 Å². The summed E-state index contributed by atoms with van der Waals surface area (Å²) in [5.41, 5.74) is 1.82. The Balaban J connectivity index is 1.87. The summed E-state index contributed by atoms with van der Waals surface area (Å²) in [6.45, 7) is 0.420. The normalized spacial score (nSPS) is 9.96. The molecule has 26 heavy (non-hydrogen) atoms. The molecule has 0 saturated heterocycles. The van der Waals surface area contributed by atoms with Crippen molar-refractivity contribution in [3.05, 3.63) is 48.0 Å². The first-order valence-electron chi connectivity index (χ1n) is 8.01. The second kappa shape index (κ2) is 9.31. The Morgan fingerprint density at radius 2 is 1.69 bits per heavy atom. The van der Waals surface area contributed by atoms with Crippen LogP contribution in [-0.2, 0) is 9.53 Å². The summed E-state index contributed by atoms with van der Waals surface area (Å²) >= 11 is 0. The Kier molecular flexibility index (Phi) is 6.84. The van der Waals surface area contributed by atoms with E-state index >= 15 is 0 Å². The van der Waals surface area contributed by atoms with Crippen molar-refractivity contribution in [2.45, 2.75) is 6.42 Å². The number of esters is 1. The van der Waals surface area contributed by atoms with Gasteiger partial charge in [0.25, 0.3) is 0 Å². The summed E-state index contributed by atoms with van der Waals surface area (Å²) in [6, 6.07) is 12.1. The molecule has 0 atom stereocenters. The van der Waals surface area contributed by atoms with Crippen LogP contribution in [0.2, 0.25) is 0 Å². The molecule has 0 aliphatic heterocycles. The van der Waals surface area contributed by atoms with E-state index < -0.39 is 5.97 Å². The van der Waals surface area contributed by atoms with Gasteiger partial charge in [-0.15, -0.1) is 0 Å². The molecule has 0 fully saturated rings. The quantitative estimate of drug-likeness (QED) is 0.706. The van der Waals surface area contributed by atoms with E-state index in [2.05, 4.69) is 15.4 Å². The third kappa shape index (κ3) is 5.14. The van der Waals surface area contributed by atoms with Crippen LogP contribution in [0.5, 0.6) is 11.5 Å². The topological polar surface area (TPSA) is 85.9 Å². The van der Waals surface area contributed by atoms with Crippen LogP contribution in [0.3, 0.4) is 0 Å². The lowest BCUT2D eigenvalue weighted by molar-refractivity contribution is -0.115. The second-order valence-corrected chi connectivity index (χ2v) is 5.37. The SMILES string of the molecule is COC(=O)c1cccc(NCCC(=O)Nc2ccc(OC)c(OC)c2)c1. The van der Waals surface area contributed by atoms with Gasteiger partial charge in [-0.3, -0.25) is 4.79 Å². The van der Waals surface area contributed by atoms with Gasteiger partial charge in [0, 0.05) is 30.4 Å². The molecule has 2 N–H and O–H groups in total. The van der Waals surface area contributed by atoms with Gasteiger partial charge in [-0.05, 0) is 30.3 Å². The fourth-order valence-electron chi connectivity index (χ4n) is 2.33. The van der Waals surface area contributed by atoms with Gasteiger partial charge in [0.2, 0.25) is 5.91 Å². The molecule has 138 valence electrons. The van der Waals surface area contributed by atoms with Crippen LogP contribution in [-0.4, -0.2) is 39.8 Å². The predicted octanol–water partition coefficient (Wildman–Crippen LogP) is 2.93. The van der Waals surface area contributed by atoms with Crippen LogP contribution in [0.25, 0.3) is 0 Å². The molecule has 2 aromatic rings. The van der Waals surface area contributed by atoms with Crippen molar-refractivity contribution in [2.24, 2.45) is 0 Å². The van der Waals surface area contributed by atoms with Crippen LogP contribution in [0.4, 0.5) is 11.4 Å². The number of anilines is 2. The van der Waals surface area contributed by atoms with Gasteiger partial charge in [-0.25, -0.2) is 4.79 Å². The minimum Gasteiger partial charge on any atom is -0.493 e. The molecule has 0 radical (unpaired) electrons. The monoisotopic (exact) mass is 358 g/mol. The number of methoxy groups -OCH3 is 3.